The summed E-state index contributed by atoms with van der Waals surface area (Å²) in [6.07, 6.45) is 1.30. The summed E-state index contributed by atoms with van der Waals surface area (Å²) in [4.78, 5) is 23.3. The van der Waals surface area contributed by atoms with Gasteiger partial charge in [0.1, 0.15) is 5.02 Å². The SMILES string of the molecule is COC(=O)c1cccc(Cn2ncc(Cl)c(Cl)c2=O)c1. The molecule has 0 aliphatic heterocycles. The number of rotatable bonds is 3. The van der Waals surface area contributed by atoms with Gasteiger partial charge < -0.3 is 4.74 Å². The van der Waals surface area contributed by atoms with Crippen molar-refractivity contribution in [3.63, 3.8) is 0 Å². The second kappa shape index (κ2) is 6.07. The molecule has 1 aromatic heterocycles. The van der Waals surface area contributed by atoms with Crippen molar-refractivity contribution in [2.45, 2.75) is 6.54 Å². The predicted molar refractivity (Wildman–Crippen MR) is 75.4 cm³/mol. The van der Waals surface area contributed by atoms with Gasteiger partial charge in [0.05, 0.1) is 30.4 Å². The summed E-state index contributed by atoms with van der Waals surface area (Å²) in [5.41, 5.74) is 0.640. The Morgan fingerprint density at radius 1 is 1.40 bits per heavy atom. The lowest BCUT2D eigenvalue weighted by atomic mass is 10.1. The molecule has 0 radical (unpaired) electrons. The van der Waals surface area contributed by atoms with E-state index in [0.717, 1.165) is 5.56 Å². The normalized spacial score (nSPS) is 10.3. The Morgan fingerprint density at radius 2 is 2.15 bits per heavy atom. The Morgan fingerprint density at radius 3 is 2.85 bits per heavy atom. The number of halogens is 2. The molecule has 0 atom stereocenters. The molecule has 20 heavy (non-hydrogen) atoms. The molecule has 1 aromatic carbocycles. The van der Waals surface area contributed by atoms with Crippen LogP contribution in [0.15, 0.2) is 35.3 Å². The summed E-state index contributed by atoms with van der Waals surface area (Å²) in [5.74, 6) is -0.443. The van der Waals surface area contributed by atoms with Gasteiger partial charge in [-0.2, -0.15) is 5.10 Å². The molecule has 0 aliphatic carbocycles. The van der Waals surface area contributed by atoms with E-state index in [1.54, 1.807) is 24.3 Å². The first kappa shape index (κ1) is 14.6. The maximum atomic E-state index is 11.9. The number of carbonyl (C=O) groups excluding carboxylic acids is 1. The number of benzene rings is 1. The number of aromatic nitrogens is 2. The van der Waals surface area contributed by atoms with Gasteiger partial charge in [-0.25, -0.2) is 9.48 Å². The lowest BCUT2D eigenvalue weighted by molar-refractivity contribution is 0.0600. The maximum Gasteiger partial charge on any atom is 0.337 e. The first-order valence-electron chi connectivity index (χ1n) is 5.61. The number of esters is 1. The van der Waals surface area contributed by atoms with Crippen molar-refractivity contribution in [2.75, 3.05) is 7.11 Å². The number of hydrogen-bond donors (Lipinski definition) is 0. The van der Waals surface area contributed by atoms with Gasteiger partial charge in [0.15, 0.2) is 0 Å². The summed E-state index contributed by atoms with van der Waals surface area (Å²) < 4.78 is 5.81. The maximum absolute atomic E-state index is 11.9. The smallest absolute Gasteiger partial charge is 0.337 e. The van der Waals surface area contributed by atoms with Crippen molar-refractivity contribution in [1.82, 2.24) is 9.78 Å². The summed E-state index contributed by atoms with van der Waals surface area (Å²) in [7, 11) is 1.31. The van der Waals surface area contributed by atoms with E-state index in [1.165, 1.54) is 18.0 Å². The topological polar surface area (TPSA) is 61.2 Å². The van der Waals surface area contributed by atoms with E-state index in [9.17, 15) is 9.59 Å². The number of methoxy groups -OCH3 is 1. The summed E-state index contributed by atoms with van der Waals surface area (Å²) >= 11 is 11.5. The van der Waals surface area contributed by atoms with E-state index >= 15 is 0 Å². The van der Waals surface area contributed by atoms with E-state index < -0.39 is 11.5 Å². The fraction of sp³-hybridized carbons (Fsp3) is 0.154. The van der Waals surface area contributed by atoms with Gasteiger partial charge in [-0.15, -0.1) is 0 Å². The average molecular weight is 313 g/mol. The molecule has 0 fully saturated rings. The highest BCUT2D eigenvalue weighted by molar-refractivity contribution is 6.41. The Labute approximate surface area is 124 Å². The van der Waals surface area contributed by atoms with Crippen molar-refractivity contribution >= 4 is 29.2 Å². The van der Waals surface area contributed by atoms with E-state index in [-0.39, 0.29) is 16.6 Å². The third kappa shape index (κ3) is 3.00. The second-order valence-corrected chi connectivity index (χ2v) is 4.75. The molecule has 2 aromatic rings. The molecular weight excluding hydrogens is 303 g/mol. The molecule has 0 saturated carbocycles. The van der Waals surface area contributed by atoms with Crippen molar-refractivity contribution in [2.24, 2.45) is 0 Å². The van der Waals surface area contributed by atoms with Crippen LogP contribution in [0.4, 0.5) is 0 Å². The third-order valence-corrected chi connectivity index (χ3v) is 3.37. The highest BCUT2D eigenvalue weighted by Gasteiger charge is 2.10. The lowest BCUT2D eigenvalue weighted by Gasteiger charge is -2.07. The first-order valence-corrected chi connectivity index (χ1v) is 6.37. The van der Waals surface area contributed by atoms with E-state index in [1.807, 2.05) is 0 Å². The molecule has 0 spiro atoms. The summed E-state index contributed by atoms with van der Waals surface area (Å²) in [5, 5.41) is 3.93. The largest absolute Gasteiger partial charge is 0.465 e. The van der Waals surface area contributed by atoms with Gasteiger partial charge in [-0.3, -0.25) is 4.79 Å². The van der Waals surface area contributed by atoms with Crippen LogP contribution in [0.5, 0.6) is 0 Å². The molecule has 0 bridgehead atoms. The van der Waals surface area contributed by atoms with Crippen LogP contribution in [-0.4, -0.2) is 22.9 Å². The standard InChI is InChI=1S/C13H10Cl2N2O3/c1-20-13(19)9-4-2-3-8(5-9)7-17-12(18)11(15)10(14)6-16-17/h2-6H,7H2,1H3. The molecule has 7 heteroatoms. The Bertz CT molecular complexity index is 713. The number of ether oxygens (including phenoxy) is 1. The van der Waals surface area contributed by atoms with Crippen LogP contribution in [0, 0.1) is 0 Å². The van der Waals surface area contributed by atoms with Gasteiger partial charge in [0.25, 0.3) is 5.56 Å². The number of carbonyl (C=O) groups is 1. The molecular formula is C13H10Cl2N2O3. The lowest BCUT2D eigenvalue weighted by Crippen LogP contribution is -2.23. The molecule has 2 rings (SSSR count). The predicted octanol–water partition coefficient (Wildman–Crippen LogP) is 2.39. The van der Waals surface area contributed by atoms with Crippen molar-refractivity contribution in [3.8, 4) is 0 Å². The Balaban J connectivity index is 2.34. The molecule has 0 N–H and O–H groups in total. The van der Waals surface area contributed by atoms with Crippen LogP contribution in [0.25, 0.3) is 0 Å². The Hall–Kier alpha value is -1.85. The fourth-order valence-electron chi connectivity index (χ4n) is 1.65. The van der Waals surface area contributed by atoms with E-state index in [4.69, 9.17) is 23.2 Å². The van der Waals surface area contributed by atoms with Crippen molar-refractivity contribution in [3.05, 3.63) is 62.0 Å². The Kier molecular flexibility index (Phi) is 4.42. The van der Waals surface area contributed by atoms with Gasteiger partial charge >= 0.3 is 5.97 Å². The second-order valence-electron chi connectivity index (χ2n) is 3.96. The van der Waals surface area contributed by atoms with Crippen LogP contribution in [0.3, 0.4) is 0 Å². The van der Waals surface area contributed by atoms with Gasteiger partial charge in [0.2, 0.25) is 0 Å². The fourth-order valence-corrected chi connectivity index (χ4v) is 1.92. The van der Waals surface area contributed by atoms with E-state index in [0.29, 0.717) is 5.56 Å². The van der Waals surface area contributed by atoms with E-state index in [2.05, 4.69) is 9.84 Å². The molecule has 0 aliphatic rings. The molecule has 0 unspecified atom stereocenters. The van der Waals surface area contributed by atoms with Gasteiger partial charge in [-0.05, 0) is 17.7 Å². The van der Waals surface area contributed by atoms with Crippen LogP contribution in [0.1, 0.15) is 15.9 Å². The zero-order chi connectivity index (χ0) is 14.7. The minimum Gasteiger partial charge on any atom is -0.465 e. The highest BCUT2D eigenvalue weighted by atomic mass is 35.5. The van der Waals surface area contributed by atoms with Crippen LogP contribution >= 0.6 is 23.2 Å². The third-order valence-electron chi connectivity index (χ3n) is 2.62. The average Bonchev–Trinajstić information content (AvgIpc) is 2.47. The van der Waals surface area contributed by atoms with Crippen molar-refractivity contribution < 1.29 is 9.53 Å². The van der Waals surface area contributed by atoms with Gasteiger partial charge in [-0.1, -0.05) is 35.3 Å². The molecule has 104 valence electrons. The molecule has 5 nitrogen and oxygen atoms in total. The summed E-state index contributed by atoms with van der Waals surface area (Å²) in [6, 6.07) is 6.72. The zero-order valence-electron chi connectivity index (χ0n) is 10.5. The van der Waals surface area contributed by atoms with Crippen molar-refractivity contribution in [1.29, 1.82) is 0 Å². The first-order chi connectivity index (χ1) is 9.52. The zero-order valence-corrected chi connectivity index (χ0v) is 12.0. The highest BCUT2D eigenvalue weighted by Crippen LogP contribution is 2.15. The van der Waals surface area contributed by atoms with Crippen LogP contribution in [0.2, 0.25) is 10.0 Å². The minimum atomic E-state index is -0.484. The molecule has 0 amide bonds. The quantitative estimate of drug-likeness (QED) is 0.816. The number of hydrogen-bond acceptors (Lipinski definition) is 4. The number of nitrogens with zero attached hydrogens (tertiary/aromatic N) is 2. The van der Waals surface area contributed by atoms with Crippen LogP contribution < -0.4 is 5.56 Å². The molecule has 1 heterocycles. The summed E-state index contributed by atoms with van der Waals surface area (Å²) in [6.45, 7) is 0.181. The van der Waals surface area contributed by atoms with Crippen LogP contribution in [-0.2, 0) is 11.3 Å². The minimum absolute atomic E-state index is 0.0780. The monoisotopic (exact) mass is 312 g/mol. The van der Waals surface area contributed by atoms with Gasteiger partial charge in [0, 0.05) is 0 Å². The molecule has 0 saturated heterocycles.